The fraction of sp³-hybridized carbons (Fsp3) is 0.409. The molecular formula is C22H27F2N3O4S. The van der Waals surface area contributed by atoms with Gasteiger partial charge in [0.25, 0.3) is 0 Å². The second-order valence-corrected chi connectivity index (χ2v) is 9.39. The largest absolute Gasteiger partial charge is 0.494 e. The van der Waals surface area contributed by atoms with Crippen LogP contribution in [0.25, 0.3) is 0 Å². The monoisotopic (exact) mass is 467 g/mol. The number of benzene rings is 2. The number of carbonyl (C=O) groups is 1. The van der Waals surface area contributed by atoms with Gasteiger partial charge >= 0.3 is 0 Å². The van der Waals surface area contributed by atoms with E-state index in [2.05, 4.69) is 0 Å². The Kier molecular flexibility index (Phi) is 7.81. The van der Waals surface area contributed by atoms with Gasteiger partial charge in [-0.05, 0) is 36.4 Å². The van der Waals surface area contributed by atoms with Gasteiger partial charge in [0.15, 0.2) is 11.6 Å². The molecule has 32 heavy (non-hydrogen) atoms. The number of likely N-dealkylation sites (N-methyl/N-ethyl adjacent to an activating group) is 1. The number of rotatable bonds is 8. The van der Waals surface area contributed by atoms with Crippen LogP contribution in [0.1, 0.15) is 12.5 Å². The molecule has 0 N–H and O–H groups in total. The molecule has 3 rings (SSSR count). The molecule has 10 heteroatoms. The Bertz CT molecular complexity index is 1060. The molecular weight excluding hydrogens is 440 g/mol. The Labute approximate surface area is 187 Å². The fourth-order valence-electron chi connectivity index (χ4n) is 3.61. The summed E-state index contributed by atoms with van der Waals surface area (Å²) < 4.78 is 59.5. The van der Waals surface area contributed by atoms with Crippen LogP contribution in [0, 0.1) is 11.6 Å². The van der Waals surface area contributed by atoms with Crippen LogP contribution in [0.2, 0.25) is 0 Å². The summed E-state index contributed by atoms with van der Waals surface area (Å²) >= 11 is 0. The van der Waals surface area contributed by atoms with Gasteiger partial charge in [-0.3, -0.25) is 9.69 Å². The third-order valence-corrected chi connectivity index (χ3v) is 7.41. The standard InChI is InChI=1S/C22H27F2N3O4S/c1-3-25(15-17-8-9-20(31-2)19(24)14-17)16-22(28)26-10-12-27(13-11-26)32(29,30)21-7-5-4-6-18(21)23/h4-9,14H,3,10-13,15-16H2,1-2H3. The maximum atomic E-state index is 14.0. The van der Waals surface area contributed by atoms with E-state index in [0.717, 1.165) is 11.6 Å². The molecule has 0 atom stereocenters. The number of ether oxygens (including phenoxy) is 1. The zero-order valence-electron chi connectivity index (χ0n) is 18.1. The number of halogens is 2. The van der Waals surface area contributed by atoms with E-state index in [1.807, 2.05) is 11.8 Å². The lowest BCUT2D eigenvalue weighted by atomic mass is 10.2. The number of methoxy groups -OCH3 is 1. The van der Waals surface area contributed by atoms with E-state index < -0.39 is 21.7 Å². The average Bonchev–Trinajstić information content (AvgIpc) is 2.79. The summed E-state index contributed by atoms with van der Waals surface area (Å²) in [5, 5.41) is 0. The SMILES string of the molecule is CCN(CC(=O)N1CCN(S(=O)(=O)c2ccccc2F)CC1)Cc1ccc(OC)c(F)c1. The van der Waals surface area contributed by atoms with E-state index in [9.17, 15) is 22.0 Å². The molecule has 2 aromatic carbocycles. The molecule has 1 heterocycles. The molecule has 1 saturated heterocycles. The Morgan fingerprint density at radius 1 is 1.06 bits per heavy atom. The minimum atomic E-state index is -3.96. The summed E-state index contributed by atoms with van der Waals surface area (Å²) in [6.45, 7) is 3.65. The predicted octanol–water partition coefficient (Wildman–Crippen LogP) is 2.33. The zero-order chi connectivity index (χ0) is 23.3. The summed E-state index contributed by atoms with van der Waals surface area (Å²) in [6, 6.07) is 9.95. The lowest BCUT2D eigenvalue weighted by Gasteiger charge is -2.35. The quantitative estimate of drug-likeness (QED) is 0.596. The van der Waals surface area contributed by atoms with Crippen LogP contribution in [0.3, 0.4) is 0 Å². The molecule has 174 valence electrons. The number of amides is 1. The van der Waals surface area contributed by atoms with Crippen molar-refractivity contribution in [1.29, 1.82) is 0 Å². The van der Waals surface area contributed by atoms with Gasteiger partial charge in [-0.15, -0.1) is 0 Å². The third kappa shape index (κ3) is 5.43. The van der Waals surface area contributed by atoms with E-state index in [1.54, 1.807) is 17.0 Å². The Morgan fingerprint density at radius 3 is 2.34 bits per heavy atom. The molecule has 2 aromatic rings. The van der Waals surface area contributed by atoms with Crippen molar-refractivity contribution >= 4 is 15.9 Å². The maximum absolute atomic E-state index is 14.0. The Morgan fingerprint density at radius 2 is 1.75 bits per heavy atom. The summed E-state index contributed by atoms with van der Waals surface area (Å²) in [4.78, 5) is 15.9. The average molecular weight is 468 g/mol. The molecule has 1 aliphatic rings. The van der Waals surface area contributed by atoms with Crippen LogP contribution in [0.5, 0.6) is 5.75 Å². The Balaban J connectivity index is 1.57. The lowest BCUT2D eigenvalue weighted by Crippen LogP contribution is -2.52. The molecule has 0 radical (unpaired) electrons. The molecule has 0 bridgehead atoms. The maximum Gasteiger partial charge on any atom is 0.246 e. The summed E-state index contributed by atoms with van der Waals surface area (Å²) in [5.41, 5.74) is 0.721. The molecule has 0 aliphatic carbocycles. The van der Waals surface area contributed by atoms with Crippen molar-refractivity contribution in [2.24, 2.45) is 0 Å². The molecule has 0 saturated carbocycles. The minimum Gasteiger partial charge on any atom is -0.494 e. The first kappa shape index (κ1) is 24.1. The van der Waals surface area contributed by atoms with E-state index in [0.29, 0.717) is 13.1 Å². The molecule has 1 fully saturated rings. The zero-order valence-corrected chi connectivity index (χ0v) is 18.9. The van der Waals surface area contributed by atoms with Crippen LogP contribution in [-0.2, 0) is 21.4 Å². The van der Waals surface area contributed by atoms with Gasteiger partial charge in [-0.2, -0.15) is 4.31 Å². The topological polar surface area (TPSA) is 70.2 Å². The second-order valence-electron chi connectivity index (χ2n) is 7.49. The van der Waals surface area contributed by atoms with Gasteiger partial charge < -0.3 is 9.64 Å². The summed E-state index contributed by atoms with van der Waals surface area (Å²) in [5.74, 6) is -1.22. The molecule has 0 spiro atoms. The molecule has 1 amide bonds. The van der Waals surface area contributed by atoms with Crippen LogP contribution < -0.4 is 4.74 Å². The Hall–Kier alpha value is -2.56. The first-order valence-electron chi connectivity index (χ1n) is 10.3. The van der Waals surface area contributed by atoms with Crippen molar-refractivity contribution in [3.05, 3.63) is 59.7 Å². The number of carbonyl (C=O) groups excluding carboxylic acids is 1. The van der Waals surface area contributed by atoms with Crippen molar-refractivity contribution < 1.29 is 26.7 Å². The van der Waals surface area contributed by atoms with Gasteiger partial charge in [-0.25, -0.2) is 17.2 Å². The molecule has 0 aromatic heterocycles. The second kappa shape index (κ2) is 10.4. The highest BCUT2D eigenvalue weighted by atomic mass is 32.2. The molecule has 1 aliphatic heterocycles. The molecule has 0 unspecified atom stereocenters. The predicted molar refractivity (Wildman–Crippen MR) is 116 cm³/mol. The number of hydrogen-bond acceptors (Lipinski definition) is 5. The van der Waals surface area contributed by atoms with E-state index in [1.165, 1.54) is 35.7 Å². The fourth-order valence-corrected chi connectivity index (χ4v) is 5.10. The third-order valence-electron chi connectivity index (χ3n) is 5.47. The first-order chi connectivity index (χ1) is 15.3. The van der Waals surface area contributed by atoms with E-state index in [4.69, 9.17) is 4.74 Å². The highest BCUT2D eigenvalue weighted by Gasteiger charge is 2.32. The van der Waals surface area contributed by atoms with E-state index >= 15 is 0 Å². The van der Waals surface area contributed by atoms with Crippen molar-refractivity contribution in [1.82, 2.24) is 14.1 Å². The number of sulfonamides is 1. The summed E-state index contributed by atoms with van der Waals surface area (Å²) in [7, 11) is -2.56. The summed E-state index contributed by atoms with van der Waals surface area (Å²) in [6.07, 6.45) is 0. The number of hydrogen-bond donors (Lipinski definition) is 0. The molecule has 7 nitrogen and oxygen atoms in total. The number of nitrogens with zero attached hydrogens (tertiary/aromatic N) is 3. The van der Waals surface area contributed by atoms with Crippen LogP contribution in [0.4, 0.5) is 8.78 Å². The van der Waals surface area contributed by atoms with Crippen molar-refractivity contribution in [2.75, 3.05) is 46.4 Å². The van der Waals surface area contributed by atoms with Gasteiger partial charge in [0.1, 0.15) is 10.7 Å². The number of piperazine rings is 1. The van der Waals surface area contributed by atoms with E-state index in [-0.39, 0.29) is 49.3 Å². The van der Waals surface area contributed by atoms with Crippen LogP contribution >= 0.6 is 0 Å². The van der Waals surface area contributed by atoms with Crippen LogP contribution in [0.15, 0.2) is 47.4 Å². The first-order valence-corrected chi connectivity index (χ1v) is 11.8. The minimum absolute atomic E-state index is 0.0955. The van der Waals surface area contributed by atoms with Gasteiger partial charge in [0, 0.05) is 32.7 Å². The van der Waals surface area contributed by atoms with Crippen LogP contribution in [-0.4, -0.2) is 74.8 Å². The van der Waals surface area contributed by atoms with Gasteiger partial charge in [0.2, 0.25) is 15.9 Å². The normalized spacial score (nSPS) is 15.2. The lowest BCUT2D eigenvalue weighted by molar-refractivity contribution is -0.133. The smallest absolute Gasteiger partial charge is 0.246 e. The van der Waals surface area contributed by atoms with Gasteiger partial charge in [0.05, 0.1) is 13.7 Å². The van der Waals surface area contributed by atoms with Crippen molar-refractivity contribution in [2.45, 2.75) is 18.4 Å². The van der Waals surface area contributed by atoms with Crippen molar-refractivity contribution in [3.63, 3.8) is 0 Å². The van der Waals surface area contributed by atoms with Crippen molar-refractivity contribution in [3.8, 4) is 5.75 Å². The highest BCUT2D eigenvalue weighted by molar-refractivity contribution is 7.89. The highest BCUT2D eigenvalue weighted by Crippen LogP contribution is 2.21. The van der Waals surface area contributed by atoms with Gasteiger partial charge in [-0.1, -0.05) is 25.1 Å².